The van der Waals surface area contributed by atoms with Gasteiger partial charge in [0.05, 0.1) is 6.20 Å². The molecule has 3 heteroatoms. The summed E-state index contributed by atoms with van der Waals surface area (Å²) >= 11 is 0. The molecule has 1 N–H and O–H groups in total. The van der Waals surface area contributed by atoms with Crippen molar-refractivity contribution in [2.24, 2.45) is 5.92 Å². The third-order valence-electron chi connectivity index (χ3n) is 2.99. The molecule has 1 aromatic heterocycles. The van der Waals surface area contributed by atoms with E-state index in [9.17, 15) is 0 Å². The smallest absolute Gasteiger partial charge is 0.0537 e. The minimum absolute atomic E-state index is 0.466. The maximum atomic E-state index is 4.41. The average Bonchev–Trinajstić information content (AvgIpc) is 2.73. The normalized spacial score (nSPS) is 13.2. The number of hydrogen-bond acceptors (Lipinski definition) is 2. The lowest BCUT2D eigenvalue weighted by atomic mass is 10.00. The monoisotopic (exact) mass is 237 g/mol. The van der Waals surface area contributed by atoms with Crippen LogP contribution in [0.1, 0.15) is 58.6 Å². The van der Waals surface area contributed by atoms with E-state index in [2.05, 4.69) is 49.0 Å². The minimum atomic E-state index is 0.466. The summed E-state index contributed by atoms with van der Waals surface area (Å²) in [6.45, 7) is 10.9. The van der Waals surface area contributed by atoms with Crippen molar-refractivity contribution in [1.29, 1.82) is 0 Å². The number of hydrogen-bond donors (Lipinski definition) is 1. The predicted molar refractivity (Wildman–Crippen MR) is 73.0 cm³/mol. The summed E-state index contributed by atoms with van der Waals surface area (Å²) < 4.78 is 2.05. The topological polar surface area (TPSA) is 29.9 Å². The minimum Gasteiger partial charge on any atom is -0.310 e. The first-order valence-electron chi connectivity index (χ1n) is 6.93. The fraction of sp³-hybridized carbons (Fsp3) is 0.786. The van der Waals surface area contributed by atoms with Gasteiger partial charge in [-0.2, -0.15) is 5.10 Å². The number of nitrogens with one attached hydrogen (secondary N) is 1. The molecule has 17 heavy (non-hydrogen) atoms. The van der Waals surface area contributed by atoms with Crippen LogP contribution in [0.5, 0.6) is 0 Å². The van der Waals surface area contributed by atoms with Crippen molar-refractivity contribution in [3.05, 3.63) is 18.0 Å². The molecular weight excluding hydrogens is 210 g/mol. The number of aromatic nitrogens is 2. The van der Waals surface area contributed by atoms with Crippen LogP contribution in [-0.4, -0.2) is 16.3 Å². The Morgan fingerprint density at radius 2 is 2.06 bits per heavy atom. The van der Waals surface area contributed by atoms with Gasteiger partial charge in [0.1, 0.15) is 0 Å². The molecule has 1 aromatic rings. The maximum absolute atomic E-state index is 4.41. The second-order valence-corrected chi connectivity index (χ2v) is 5.12. The first-order chi connectivity index (χ1) is 8.17. The summed E-state index contributed by atoms with van der Waals surface area (Å²) in [6, 6.07) is 0.466. The summed E-state index contributed by atoms with van der Waals surface area (Å²) in [5.74, 6) is 0.766. The van der Waals surface area contributed by atoms with Crippen LogP contribution < -0.4 is 5.32 Å². The van der Waals surface area contributed by atoms with Crippen LogP contribution in [0, 0.1) is 5.92 Å². The van der Waals surface area contributed by atoms with E-state index in [-0.39, 0.29) is 0 Å². The van der Waals surface area contributed by atoms with Crippen LogP contribution in [0.25, 0.3) is 0 Å². The Bertz CT molecular complexity index is 304. The molecule has 0 amide bonds. The van der Waals surface area contributed by atoms with E-state index in [1.807, 2.05) is 6.20 Å². The van der Waals surface area contributed by atoms with Crippen LogP contribution in [0.15, 0.2) is 12.4 Å². The van der Waals surface area contributed by atoms with Crippen LogP contribution in [0.2, 0.25) is 0 Å². The van der Waals surface area contributed by atoms with E-state index < -0.39 is 0 Å². The zero-order valence-corrected chi connectivity index (χ0v) is 11.7. The zero-order valence-electron chi connectivity index (χ0n) is 11.7. The molecule has 3 nitrogen and oxygen atoms in total. The van der Waals surface area contributed by atoms with Crippen molar-refractivity contribution in [2.75, 3.05) is 6.54 Å². The van der Waals surface area contributed by atoms with Gasteiger partial charge in [0.25, 0.3) is 0 Å². The van der Waals surface area contributed by atoms with E-state index in [1.54, 1.807) is 0 Å². The molecule has 0 bridgehead atoms. The molecule has 0 aromatic carbocycles. The molecular formula is C14H27N3. The van der Waals surface area contributed by atoms with Crippen LogP contribution in [0.3, 0.4) is 0 Å². The molecule has 0 saturated carbocycles. The summed E-state index contributed by atoms with van der Waals surface area (Å²) in [5, 5.41) is 7.97. The molecule has 0 spiro atoms. The SMILES string of the molecule is CCCn1cc(C(CCC(C)C)NCC)cn1. The predicted octanol–water partition coefficient (Wildman–Crippen LogP) is 3.38. The summed E-state index contributed by atoms with van der Waals surface area (Å²) in [6.07, 6.45) is 7.80. The van der Waals surface area contributed by atoms with Gasteiger partial charge >= 0.3 is 0 Å². The quantitative estimate of drug-likeness (QED) is 0.751. The molecule has 0 aliphatic rings. The first-order valence-corrected chi connectivity index (χ1v) is 6.93. The highest BCUT2D eigenvalue weighted by Crippen LogP contribution is 2.20. The summed E-state index contributed by atoms with van der Waals surface area (Å²) in [5.41, 5.74) is 1.33. The van der Waals surface area contributed by atoms with Gasteiger partial charge < -0.3 is 5.32 Å². The van der Waals surface area contributed by atoms with Crippen molar-refractivity contribution < 1.29 is 0 Å². The van der Waals surface area contributed by atoms with E-state index in [0.29, 0.717) is 6.04 Å². The molecule has 1 unspecified atom stereocenters. The Hall–Kier alpha value is -0.830. The van der Waals surface area contributed by atoms with Gasteiger partial charge in [0, 0.05) is 24.3 Å². The standard InChI is InChI=1S/C14H27N3/c1-5-9-17-11-13(10-16-17)14(15-6-2)8-7-12(3)4/h10-12,14-15H,5-9H2,1-4H3. The molecule has 0 aliphatic carbocycles. The van der Waals surface area contributed by atoms with E-state index in [0.717, 1.165) is 25.4 Å². The second-order valence-electron chi connectivity index (χ2n) is 5.12. The van der Waals surface area contributed by atoms with Crippen LogP contribution >= 0.6 is 0 Å². The molecule has 0 aliphatic heterocycles. The second kappa shape index (κ2) is 7.49. The molecule has 1 heterocycles. The average molecular weight is 237 g/mol. The Kier molecular flexibility index (Phi) is 6.27. The van der Waals surface area contributed by atoms with Gasteiger partial charge in [-0.3, -0.25) is 4.68 Å². The van der Waals surface area contributed by atoms with Crippen LogP contribution in [-0.2, 0) is 6.54 Å². The fourth-order valence-corrected chi connectivity index (χ4v) is 2.04. The van der Waals surface area contributed by atoms with Crippen molar-refractivity contribution in [2.45, 2.75) is 59.5 Å². The Balaban J connectivity index is 2.60. The Labute approximate surface area is 106 Å². The first kappa shape index (κ1) is 14.2. The molecule has 1 atom stereocenters. The lowest BCUT2D eigenvalue weighted by Gasteiger charge is -2.17. The van der Waals surface area contributed by atoms with E-state index >= 15 is 0 Å². The van der Waals surface area contributed by atoms with Gasteiger partial charge in [-0.15, -0.1) is 0 Å². The van der Waals surface area contributed by atoms with Gasteiger partial charge in [0.15, 0.2) is 0 Å². The van der Waals surface area contributed by atoms with Gasteiger partial charge in [-0.05, 0) is 31.7 Å². The van der Waals surface area contributed by atoms with Crippen LogP contribution in [0.4, 0.5) is 0 Å². The van der Waals surface area contributed by atoms with E-state index in [4.69, 9.17) is 0 Å². The summed E-state index contributed by atoms with van der Waals surface area (Å²) in [7, 11) is 0. The van der Waals surface area contributed by atoms with E-state index in [1.165, 1.54) is 18.4 Å². The molecule has 0 radical (unpaired) electrons. The highest BCUT2D eigenvalue weighted by atomic mass is 15.3. The van der Waals surface area contributed by atoms with Crippen molar-refractivity contribution in [1.82, 2.24) is 15.1 Å². The third-order valence-corrected chi connectivity index (χ3v) is 2.99. The number of aryl methyl sites for hydroxylation is 1. The zero-order chi connectivity index (χ0) is 12.7. The molecule has 0 fully saturated rings. The van der Waals surface area contributed by atoms with Crippen molar-refractivity contribution in [3.63, 3.8) is 0 Å². The third kappa shape index (κ3) is 4.90. The maximum Gasteiger partial charge on any atom is 0.0537 e. The van der Waals surface area contributed by atoms with Crippen molar-refractivity contribution >= 4 is 0 Å². The van der Waals surface area contributed by atoms with Gasteiger partial charge in [-0.25, -0.2) is 0 Å². The number of nitrogens with zero attached hydrogens (tertiary/aromatic N) is 2. The molecule has 1 rings (SSSR count). The Morgan fingerprint density at radius 3 is 2.65 bits per heavy atom. The Morgan fingerprint density at radius 1 is 1.29 bits per heavy atom. The van der Waals surface area contributed by atoms with Gasteiger partial charge in [0.2, 0.25) is 0 Å². The van der Waals surface area contributed by atoms with Gasteiger partial charge in [-0.1, -0.05) is 27.7 Å². The summed E-state index contributed by atoms with van der Waals surface area (Å²) in [4.78, 5) is 0. The lowest BCUT2D eigenvalue weighted by Crippen LogP contribution is -2.21. The highest BCUT2D eigenvalue weighted by molar-refractivity contribution is 5.10. The largest absolute Gasteiger partial charge is 0.310 e. The highest BCUT2D eigenvalue weighted by Gasteiger charge is 2.12. The lowest BCUT2D eigenvalue weighted by molar-refractivity contribution is 0.448. The fourth-order valence-electron chi connectivity index (χ4n) is 2.04. The number of rotatable bonds is 8. The molecule has 98 valence electrons. The molecule has 0 saturated heterocycles. The van der Waals surface area contributed by atoms with Crippen molar-refractivity contribution in [3.8, 4) is 0 Å².